The van der Waals surface area contributed by atoms with E-state index in [9.17, 15) is 17.7 Å². The van der Waals surface area contributed by atoms with Crippen LogP contribution in [-0.2, 0) is 20.5 Å². The van der Waals surface area contributed by atoms with Crippen molar-refractivity contribution in [2.75, 3.05) is 88.4 Å². The standard InChI is InChI=1S/C35H45BrN9O2P.C2HF3O2/c1-5-23-18-30(26(24-21-47-22-24)19-31(23)45-12-8-25(9-13-45)44-16-14-43(2)15-17-44)41-35-39-20-27(36)34(42-35)40-29-7-6-28-32(38-11-10-37-28)33(29)48(3,4)46;3-2(4,5)1(6)7/h6-7,10-11,18-20,24-25H,5,8-9,12-17,21-22H2,1-4H3,(H2,39,40,41,42);(H,6,7). The molecule has 0 spiro atoms. The summed E-state index contributed by atoms with van der Waals surface area (Å²) in [6.45, 7) is 14.0. The lowest BCUT2D eigenvalue weighted by atomic mass is 9.91. The molecule has 296 valence electrons. The highest BCUT2D eigenvalue weighted by molar-refractivity contribution is 9.10. The maximum absolute atomic E-state index is 13.5. The maximum Gasteiger partial charge on any atom is 0.490 e. The number of halogens is 4. The first kappa shape index (κ1) is 40.8. The Morgan fingerprint density at radius 2 is 1.67 bits per heavy atom. The van der Waals surface area contributed by atoms with Crippen molar-refractivity contribution in [1.29, 1.82) is 0 Å². The Bertz CT molecular complexity index is 2050. The molecule has 3 fully saturated rings. The highest BCUT2D eigenvalue weighted by Gasteiger charge is 2.38. The van der Waals surface area contributed by atoms with Crippen LogP contribution in [0.15, 0.2) is 47.3 Å². The van der Waals surface area contributed by atoms with E-state index in [1.165, 1.54) is 55.8 Å². The number of nitrogens with zero attached hydrogens (tertiary/aromatic N) is 7. The van der Waals surface area contributed by atoms with E-state index in [2.05, 4.69) is 82.3 Å². The molecular weight excluding hydrogens is 802 g/mol. The summed E-state index contributed by atoms with van der Waals surface area (Å²) in [5, 5.41) is 14.8. The van der Waals surface area contributed by atoms with Crippen LogP contribution >= 0.6 is 23.1 Å². The van der Waals surface area contributed by atoms with Gasteiger partial charge in [-0.25, -0.2) is 9.78 Å². The molecule has 3 aliphatic rings. The second-order valence-electron chi connectivity index (χ2n) is 14.4. The van der Waals surface area contributed by atoms with Crippen molar-refractivity contribution in [1.82, 2.24) is 29.7 Å². The number of hydrogen-bond donors (Lipinski definition) is 3. The smallest absolute Gasteiger partial charge is 0.475 e. The molecule has 0 aliphatic carbocycles. The number of ether oxygens (including phenoxy) is 1. The van der Waals surface area contributed by atoms with E-state index in [0.717, 1.165) is 25.2 Å². The van der Waals surface area contributed by atoms with Gasteiger partial charge < -0.3 is 34.8 Å². The van der Waals surface area contributed by atoms with Gasteiger partial charge in [-0.2, -0.15) is 18.2 Å². The van der Waals surface area contributed by atoms with Crippen LogP contribution in [0.3, 0.4) is 0 Å². The SMILES string of the molecule is CCc1cc(Nc2ncc(Br)c(Nc3ccc4nccnc4c3P(C)(C)=O)n2)c(C2COC2)cc1N1CCC(N2CCN(C)CC2)CC1.O=C(O)C(F)(F)F. The summed E-state index contributed by atoms with van der Waals surface area (Å²) in [5.41, 5.74) is 6.93. The number of aromatic nitrogens is 4. The molecule has 13 nitrogen and oxygen atoms in total. The number of benzene rings is 2. The fraction of sp³-hybridized carbons (Fsp3) is 0.486. The average molecular weight is 849 g/mol. The van der Waals surface area contributed by atoms with Crippen molar-refractivity contribution >= 4 is 74.2 Å². The number of aliphatic carboxylic acids is 1. The summed E-state index contributed by atoms with van der Waals surface area (Å²) in [6, 6.07) is 9.14. The van der Waals surface area contributed by atoms with E-state index in [-0.39, 0.29) is 0 Å². The number of rotatable bonds is 9. The number of anilines is 5. The molecule has 0 amide bonds. The summed E-state index contributed by atoms with van der Waals surface area (Å²) >= 11 is 3.63. The molecule has 0 atom stereocenters. The molecule has 0 saturated carbocycles. The molecular formula is C37H46BrF3N9O4P. The first-order chi connectivity index (χ1) is 26.1. The highest BCUT2D eigenvalue weighted by atomic mass is 79.9. The number of alkyl halides is 3. The Labute approximate surface area is 326 Å². The van der Waals surface area contributed by atoms with Crippen LogP contribution in [0.5, 0.6) is 0 Å². The zero-order chi connectivity index (χ0) is 39.5. The van der Waals surface area contributed by atoms with Gasteiger partial charge in [-0.05, 0) is 91.0 Å². The largest absolute Gasteiger partial charge is 0.490 e. The molecule has 3 aliphatic heterocycles. The Kier molecular flexibility index (Phi) is 12.7. The van der Waals surface area contributed by atoms with E-state index in [0.29, 0.717) is 63.4 Å². The van der Waals surface area contributed by atoms with E-state index in [1.54, 1.807) is 31.9 Å². The van der Waals surface area contributed by atoms with E-state index >= 15 is 0 Å². The van der Waals surface area contributed by atoms with Gasteiger partial charge in [-0.1, -0.05) is 6.92 Å². The number of carbonyl (C=O) groups is 1. The molecule has 55 heavy (non-hydrogen) atoms. The number of likely N-dealkylation sites (N-methyl/N-ethyl adjacent to an activating group) is 1. The van der Waals surface area contributed by atoms with Gasteiger partial charge in [0, 0.05) is 81.2 Å². The van der Waals surface area contributed by atoms with Gasteiger partial charge in [0.25, 0.3) is 0 Å². The Morgan fingerprint density at radius 3 is 2.27 bits per heavy atom. The van der Waals surface area contributed by atoms with Gasteiger partial charge in [-0.3, -0.25) is 14.9 Å². The summed E-state index contributed by atoms with van der Waals surface area (Å²) in [7, 11) is -0.507. The van der Waals surface area contributed by atoms with Crippen molar-refractivity contribution in [2.24, 2.45) is 0 Å². The molecule has 4 aromatic rings. The lowest BCUT2D eigenvalue weighted by Crippen LogP contribution is -2.52. The first-order valence-electron chi connectivity index (χ1n) is 18.2. The number of fused-ring (bicyclic) bond motifs is 1. The van der Waals surface area contributed by atoms with Gasteiger partial charge in [0.05, 0.1) is 34.2 Å². The number of piperazine rings is 1. The molecule has 5 heterocycles. The van der Waals surface area contributed by atoms with Crippen molar-refractivity contribution < 1.29 is 32.4 Å². The molecule has 0 radical (unpaired) electrons. The molecule has 2 aromatic carbocycles. The van der Waals surface area contributed by atoms with Gasteiger partial charge in [0.15, 0.2) is 0 Å². The molecule has 2 aromatic heterocycles. The topological polar surface area (TPSA) is 149 Å². The maximum atomic E-state index is 13.5. The number of nitrogens with one attached hydrogen (secondary N) is 2. The third-order valence-electron chi connectivity index (χ3n) is 10.2. The minimum atomic E-state index is -5.08. The second kappa shape index (κ2) is 17.1. The Morgan fingerprint density at radius 1 is 1.00 bits per heavy atom. The molecule has 0 bridgehead atoms. The lowest BCUT2D eigenvalue weighted by Gasteiger charge is -2.43. The number of piperidine rings is 1. The minimum absolute atomic E-state index is 0.317. The second-order valence-corrected chi connectivity index (χ2v) is 18.4. The quantitative estimate of drug-likeness (QED) is 0.159. The van der Waals surface area contributed by atoms with E-state index in [1.807, 2.05) is 12.1 Å². The van der Waals surface area contributed by atoms with Crippen LogP contribution in [-0.4, -0.2) is 126 Å². The van der Waals surface area contributed by atoms with Crippen molar-refractivity contribution in [3.8, 4) is 0 Å². The zero-order valence-electron chi connectivity index (χ0n) is 31.2. The Hall–Kier alpha value is -3.89. The first-order valence-corrected chi connectivity index (χ1v) is 21.6. The minimum Gasteiger partial charge on any atom is -0.475 e. The third kappa shape index (κ3) is 9.74. The molecule has 18 heteroatoms. The lowest BCUT2D eigenvalue weighted by molar-refractivity contribution is -0.192. The monoisotopic (exact) mass is 847 g/mol. The molecule has 7 rings (SSSR count). The third-order valence-corrected chi connectivity index (χ3v) is 12.3. The number of carboxylic acid groups (broad SMARTS) is 1. The van der Waals surface area contributed by atoms with E-state index in [4.69, 9.17) is 19.6 Å². The van der Waals surface area contributed by atoms with Gasteiger partial charge in [0.2, 0.25) is 5.95 Å². The summed E-state index contributed by atoms with van der Waals surface area (Å²) in [6.07, 6.45) is 3.26. The highest BCUT2D eigenvalue weighted by Crippen LogP contribution is 2.42. The van der Waals surface area contributed by atoms with Gasteiger partial charge in [-0.15, -0.1) is 0 Å². The van der Waals surface area contributed by atoms with Crippen LogP contribution in [0.1, 0.15) is 36.8 Å². The van der Waals surface area contributed by atoms with Gasteiger partial charge in [0.1, 0.15) is 18.5 Å². The summed E-state index contributed by atoms with van der Waals surface area (Å²) < 4.78 is 51.6. The Balaban J connectivity index is 0.000000672. The van der Waals surface area contributed by atoms with Crippen LogP contribution < -0.4 is 20.8 Å². The van der Waals surface area contributed by atoms with Crippen LogP contribution in [0.4, 0.5) is 42.0 Å². The van der Waals surface area contributed by atoms with Crippen molar-refractivity contribution in [3.05, 3.63) is 58.5 Å². The summed E-state index contributed by atoms with van der Waals surface area (Å²) in [5.74, 6) is -1.40. The van der Waals surface area contributed by atoms with Crippen molar-refractivity contribution in [2.45, 2.75) is 44.3 Å². The predicted molar refractivity (Wildman–Crippen MR) is 212 cm³/mol. The van der Waals surface area contributed by atoms with Gasteiger partial charge >= 0.3 is 12.1 Å². The number of carboxylic acids is 1. The molecule has 3 N–H and O–H groups in total. The normalized spacial score (nSPS) is 17.7. The van der Waals surface area contributed by atoms with Crippen LogP contribution in [0.25, 0.3) is 11.0 Å². The fourth-order valence-electron chi connectivity index (χ4n) is 7.18. The number of hydrogen-bond acceptors (Lipinski definition) is 12. The van der Waals surface area contributed by atoms with E-state index < -0.39 is 19.3 Å². The molecule has 0 unspecified atom stereocenters. The van der Waals surface area contributed by atoms with Crippen molar-refractivity contribution in [3.63, 3.8) is 0 Å². The fourth-order valence-corrected chi connectivity index (χ4v) is 8.86. The molecule has 3 saturated heterocycles. The average Bonchev–Trinajstić information content (AvgIpc) is 3.12. The number of aryl methyl sites for hydroxylation is 1. The predicted octanol–water partition coefficient (Wildman–Crippen LogP) is 6.44. The summed E-state index contributed by atoms with van der Waals surface area (Å²) in [4.78, 5) is 35.1. The van der Waals surface area contributed by atoms with Crippen LogP contribution in [0.2, 0.25) is 0 Å². The van der Waals surface area contributed by atoms with Crippen LogP contribution in [0, 0.1) is 0 Å². The zero-order valence-corrected chi connectivity index (χ0v) is 33.7.